The molecule has 0 radical (unpaired) electrons. The molecular formula is C13H11BrFNO2S. The number of aromatic carboxylic acids is 1. The van der Waals surface area contributed by atoms with E-state index in [9.17, 15) is 14.3 Å². The number of carboxylic acid groups (broad SMARTS) is 1. The maximum atomic E-state index is 13.5. The highest BCUT2D eigenvalue weighted by atomic mass is 79.9. The standard InChI is InChI=1S/C13H11BrFNO2S/c1-2-3-10-16-11(13(17)18)12(19-10)7-4-5-8(14)9(15)6-7/h4-6H,2-3H2,1H3,(H,17,18). The van der Waals surface area contributed by atoms with Gasteiger partial charge in [-0.1, -0.05) is 13.0 Å². The van der Waals surface area contributed by atoms with Gasteiger partial charge in [0.05, 0.1) is 14.4 Å². The molecule has 0 unspecified atom stereocenters. The zero-order chi connectivity index (χ0) is 14.0. The predicted octanol–water partition coefficient (Wildman–Crippen LogP) is 4.36. The smallest absolute Gasteiger partial charge is 0.356 e. The highest BCUT2D eigenvalue weighted by Crippen LogP contribution is 2.33. The molecule has 1 aromatic heterocycles. The van der Waals surface area contributed by atoms with Crippen LogP contribution in [0.2, 0.25) is 0 Å². The van der Waals surface area contributed by atoms with Crippen molar-refractivity contribution >= 4 is 33.2 Å². The Morgan fingerprint density at radius 1 is 1.53 bits per heavy atom. The van der Waals surface area contributed by atoms with Crippen molar-refractivity contribution < 1.29 is 14.3 Å². The van der Waals surface area contributed by atoms with E-state index in [0.29, 0.717) is 14.9 Å². The summed E-state index contributed by atoms with van der Waals surface area (Å²) in [7, 11) is 0. The van der Waals surface area contributed by atoms with Crippen molar-refractivity contribution in [3.8, 4) is 10.4 Å². The molecule has 2 rings (SSSR count). The van der Waals surface area contributed by atoms with Crippen molar-refractivity contribution in [1.82, 2.24) is 4.98 Å². The number of nitrogens with zero attached hydrogens (tertiary/aromatic N) is 1. The van der Waals surface area contributed by atoms with E-state index in [1.54, 1.807) is 12.1 Å². The third-order valence-electron chi connectivity index (χ3n) is 2.52. The van der Waals surface area contributed by atoms with E-state index in [2.05, 4.69) is 20.9 Å². The zero-order valence-corrected chi connectivity index (χ0v) is 12.5. The predicted molar refractivity (Wildman–Crippen MR) is 76.2 cm³/mol. The quantitative estimate of drug-likeness (QED) is 0.896. The van der Waals surface area contributed by atoms with Crippen LogP contribution in [0.1, 0.15) is 28.8 Å². The van der Waals surface area contributed by atoms with Gasteiger partial charge in [-0.05, 0) is 46.5 Å². The van der Waals surface area contributed by atoms with Crippen LogP contribution in [0.5, 0.6) is 0 Å². The third kappa shape index (κ3) is 3.01. The molecule has 0 saturated carbocycles. The fourth-order valence-corrected chi connectivity index (χ4v) is 3.06. The minimum absolute atomic E-state index is 0.00447. The van der Waals surface area contributed by atoms with E-state index in [4.69, 9.17) is 0 Å². The second-order valence-corrected chi connectivity index (χ2v) is 5.91. The first-order valence-corrected chi connectivity index (χ1v) is 7.32. The number of thiazole rings is 1. The van der Waals surface area contributed by atoms with E-state index in [-0.39, 0.29) is 5.69 Å². The molecule has 6 heteroatoms. The summed E-state index contributed by atoms with van der Waals surface area (Å²) < 4.78 is 13.9. The molecule has 0 saturated heterocycles. The second-order valence-electron chi connectivity index (χ2n) is 3.97. The average molecular weight is 344 g/mol. The van der Waals surface area contributed by atoms with Gasteiger partial charge in [0.2, 0.25) is 0 Å². The molecule has 0 aliphatic heterocycles. The molecular weight excluding hydrogens is 333 g/mol. The summed E-state index contributed by atoms with van der Waals surface area (Å²) in [5.41, 5.74) is 0.535. The normalized spacial score (nSPS) is 10.7. The Labute approximate surface area is 122 Å². The minimum Gasteiger partial charge on any atom is -0.476 e. The lowest BCUT2D eigenvalue weighted by Gasteiger charge is -2.00. The van der Waals surface area contributed by atoms with Crippen LogP contribution < -0.4 is 0 Å². The van der Waals surface area contributed by atoms with Gasteiger partial charge in [0.15, 0.2) is 5.69 Å². The molecule has 0 aliphatic rings. The van der Waals surface area contributed by atoms with Gasteiger partial charge in [0.25, 0.3) is 0 Å². The fraction of sp³-hybridized carbons (Fsp3) is 0.231. The molecule has 2 aromatic rings. The van der Waals surface area contributed by atoms with Crippen molar-refractivity contribution in [3.63, 3.8) is 0 Å². The van der Waals surface area contributed by atoms with Crippen LogP contribution in [0, 0.1) is 5.82 Å². The van der Waals surface area contributed by atoms with E-state index in [1.807, 2.05) is 6.92 Å². The summed E-state index contributed by atoms with van der Waals surface area (Å²) in [6, 6.07) is 4.57. The van der Waals surface area contributed by atoms with E-state index in [0.717, 1.165) is 17.8 Å². The summed E-state index contributed by atoms with van der Waals surface area (Å²) in [5.74, 6) is -1.50. The third-order valence-corrected chi connectivity index (χ3v) is 4.33. The lowest BCUT2D eigenvalue weighted by atomic mass is 10.1. The molecule has 0 aliphatic carbocycles. The Balaban J connectivity index is 2.53. The number of hydrogen-bond acceptors (Lipinski definition) is 3. The van der Waals surface area contributed by atoms with Crippen LogP contribution in [0.4, 0.5) is 4.39 Å². The Kier molecular flexibility index (Phi) is 4.31. The number of rotatable bonds is 4. The number of halogens is 2. The number of aromatic nitrogens is 1. The van der Waals surface area contributed by atoms with E-state index >= 15 is 0 Å². The highest BCUT2D eigenvalue weighted by molar-refractivity contribution is 9.10. The first kappa shape index (κ1) is 14.1. The Morgan fingerprint density at radius 3 is 2.84 bits per heavy atom. The largest absolute Gasteiger partial charge is 0.476 e. The van der Waals surface area contributed by atoms with Crippen molar-refractivity contribution in [3.05, 3.63) is 39.2 Å². The molecule has 0 amide bonds. The fourth-order valence-electron chi connectivity index (χ4n) is 1.66. The summed E-state index contributed by atoms with van der Waals surface area (Å²) in [6.45, 7) is 2.00. The van der Waals surface area contributed by atoms with Gasteiger partial charge < -0.3 is 5.11 Å². The van der Waals surface area contributed by atoms with Crippen molar-refractivity contribution in [2.75, 3.05) is 0 Å². The molecule has 1 N–H and O–H groups in total. The average Bonchev–Trinajstić information content (AvgIpc) is 2.77. The van der Waals surface area contributed by atoms with Gasteiger partial charge in [-0.3, -0.25) is 0 Å². The minimum atomic E-state index is -1.09. The SMILES string of the molecule is CCCc1nc(C(=O)O)c(-c2ccc(Br)c(F)c2)s1. The summed E-state index contributed by atoms with van der Waals surface area (Å²) in [5, 5.41) is 9.94. The number of aryl methyl sites for hydroxylation is 1. The van der Waals surface area contributed by atoms with Gasteiger partial charge >= 0.3 is 5.97 Å². The van der Waals surface area contributed by atoms with Gasteiger partial charge in [0, 0.05) is 0 Å². The van der Waals surface area contributed by atoms with Crippen LogP contribution in [0.3, 0.4) is 0 Å². The van der Waals surface area contributed by atoms with Gasteiger partial charge in [-0.25, -0.2) is 14.2 Å². The molecule has 0 spiro atoms. The van der Waals surface area contributed by atoms with Gasteiger partial charge in [-0.15, -0.1) is 11.3 Å². The Morgan fingerprint density at radius 2 is 2.26 bits per heavy atom. The Hall–Kier alpha value is -1.27. The Bertz CT molecular complexity index is 627. The van der Waals surface area contributed by atoms with Crippen LogP contribution in [0.25, 0.3) is 10.4 Å². The molecule has 3 nitrogen and oxygen atoms in total. The molecule has 0 atom stereocenters. The highest BCUT2D eigenvalue weighted by Gasteiger charge is 2.19. The summed E-state index contributed by atoms with van der Waals surface area (Å²) >= 11 is 4.38. The van der Waals surface area contributed by atoms with Crippen molar-refractivity contribution in [1.29, 1.82) is 0 Å². The van der Waals surface area contributed by atoms with E-state index in [1.165, 1.54) is 17.4 Å². The number of carboxylic acids is 1. The summed E-state index contributed by atoms with van der Waals surface area (Å²) in [6.07, 6.45) is 1.62. The maximum Gasteiger partial charge on any atom is 0.356 e. The zero-order valence-electron chi connectivity index (χ0n) is 10.1. The van der Waals surface area contributed by atoms with Crippen molar-refractivity contribution in [2.24, 2.45) is 0 Å². The van der Waals surface area contributed by atoms with E-state index < -0.39 is 11.8 Å². The molecule has 0 fully saturated rings. The van der Waals surface area contributed by atoms with Crippen LogP contribution >= 0.6 is 27.3 Å². The lowest BCUT2D eigenvalue weighted by Crippen LogP contribution is -1.99. The topological polar surface area (TPSA) is 50.2 Å². The lowest BCUT2D eigenvalue weighted by molar-refractivity contribution is 0.0692. The first-order chi connectivity index (χ1) is 9.02. The van der Waals surface area contributed by atoms with Gasteiger partial charge in [0.1, 0.15) is 5.82 Å². The van der Waals surface area contributed by atoms with Gasteiger partial charge in [-0.2, -0.15) is 0 Å². The maximum absolute atomic E-state index is 13.5. The monoisotopic (exact) mass is 343 g/mol. The molecule has 19 heavy (non-hydrogen) atoms. The number of carbonyl (C=O) groups is 1. The summed E-state index contributed by atoms with van der Waals surface area (Å²) in [4.78, 5) is 15.8. The number of benzene rings is 1. The molecule has 0 bridgehead atoms. The van der Waals surface area contributed by atoms with Crippen molar-refractivity contribution in [2.45, 2.75) is 19.8 Å². The van der Waals surface area contributed by atoms with Crippen LogP contribution in [-0.2, 0) is 6.42 Å². The molecule has 100 valence electrons. The second kappa shape index (κ2) is 5.79. The molecule has 1 heterocycles. The van der Waals surface area contributed by atoms with Crippen LogP contribution in [0.15, 0.2) is 22.7 Å². The number of hydrogen-bond donors (Lipinski definition) is 1. The first-order valence-electron chi connectivity index (χ1n) is 5.71. The molecule has 1 aromatic carbocycles. The van der Waals surface area contributed by atoms with Crippen LogP contribution in [-0.4, -0.2) is 16.1 Å².